The van der Waals surface area contributed by atoms with Crippen LogP contribution in [0.1, 0.15) is 17.5 Å². The molecule has 1 atom stereocenters. The summed E-state index contributed by atoms with van der Waals surface area (Å²) in [5.41, 5.74) is 2.06. The average Bonchev–Trinajstić information content (AvgIpc) is 2.69. The van der Waals surface area contributed by atoms with Gasteiger partial charge in [0.2, 0.25) is 5.75 Å². The summed E-state index contributed by atoms with van der Waals surface area (Å²) in [4.78, 5) is 0. The molecule has 0 saturated heterocycles. The first-order valence-corrected chi connectivity index (χ1v) is 6.98. The molecule has 1 heterocycles. The van der Waals surface area contributed by atoms with Gasteiger partial charge in [-0.05, 0) is 24.6 Å². The highest BCUT2D eigenvalue weighted by Gasteiger charge is 2.30. The van der Waals surface area contributed by atoms with Gasteiger partial charge in [0.15, 0.2) is 11.5 Å². The Morgan fingerprint density at radius 3 is 2.50 bits per heavy atom. The van der Waals surface area contributed by atoms with Crippen molar-refractivity contribution in [1.82, 2.24) is 0 Å². The summed E-state index contributed by atoms with van der Waals surface area (Å²) in [6, 6.07) is 0. The maximum absolute atomic E-state index is 10.4. The van der Waals surface area contributed by atoms with Crippen LogP contribution in [0.25, 0.3) is 6.08 Å². The van der Waals surface area contributed by atoms with E-state index in [4.69, 9.17) is 14.2 Å². The largest absolute Gasteiger partial charge is 0.512 e. The number of benzene rings is 1. The summed E-state index contributed by atoms with van der Waals surface area (Å²) < 4.78 is 16.8. The molecular weight excluding hydrogens is 284 g/mol. The molecular formula is C17H18O5. The zero-order valence-electron chi connectivity index (χ0n) is 12.7. The van der Waals surface area contributed by atoms with Gasteiger partial charge in [-0.1, -0.05) is 12.2 Å². The number of aliphatic hydroxyl groups excluding tert-OH is 1. The number of ether oxygens (including phenoxy) is 3. The van der Waals surface area contributed by atoms with E-state index in [1.165, 1.54) is 14.2 Å². The van der Waals surface area contributed by atoms with Gasteiger partial charge in [-0.2, -0.15) is 0 Å². The van der Waals surface area contributed by atoms with Crippen molar-refractivity contribution < 1.29 is 24.4 Å². The quantitative estimate of drug-likeness (QED) is 0.877. The highest BCUT2D eigenvalue weighted by molar-refractivity contribution is 5.77. The second-order valence-electron chi connectivity index (χ2n) is 5.25. The maximum Gasteiger partial charge on any atom is 0.204 e. The second kappa shape index (κ2) is 5.33. The smallest absolute Gasteiger partial charge is 0.204 e. The zero-order valence-corrected chi connectivity index (χ0v) is 12.7. The number of allylic oxidation sites excluding steroid dienone is 2. The van der Waals surface area contributed by atoms with Crippen molar-refractivity contribution in [3.63, 3.8) is 0 Å². The molecule has 1 aliphatic carbocycles. The molecule has 0 saturated carbocycles. The van der Waals surface area contributed by atoms with E-state index in [9.17, 15) is 10.2 Å². The number of aromatic hydroxyl groups is 1. The van der Waals surface area contributed by atoms with Crippen molar-refractivity contribution in [1.29, 1.82) is 0 Å². The lowest BCUT2D eigenvalue weighted by atomic mass is 10.00. The standard InChI is InChI=1S/C17H18O5/c1-9-14(19)12-7-5-10-4-6-11(18)8-13(10)22-16(12)17(21-3)15(9)20-2/h4-7,13,18-19H,8H2,1-3H3. The van der Waals surface area contributed by atoms with Crippen LogP contribution in [0.2, 0.25) is 0 Å². The van der Waals surface area contributed by atoms with Crippen LogP contribution in [0, 0.1) is 6.92 Å². The Bertz CT molecular complexity index is 712. The van der Waals surface area contributed by atoms with Crippen molar-refractivity contribution in [3.8, 4) is 23.0 Å². The van der Waals surface area contributed by atoms with Crippen molar-refractivity contribution in [2.45, 2.75) is 19.4 Å². The van der Waals surface area contributed by atoms with Crippen LogP contribution >= 0.6 is 0 Å². The molecule has 0 fully saturated rings. The fourth-order valence-corrected chi connectivity index (χ4v) is 2.79. The molecule has 5 heteroatoms. The molecule has 1 aliphatic heterocycles. The summed E-state index contributed by atoms with van der Waals surface area (Å²) in [6.07, 6.45) is 7.17. The third-order valence-electron chi connectivity index (χ3n) is 3.95. The summed E-state index contributed by atoms with van der Waals surface area (Å²) >= 11 is 0. The molecule has 1 aromatic rings. The normalized spacial score (nSPS) is 19.1. The Kier molecular flexibility index (Phi) is 3.48. The first-order valence-electron chi connectivity index (χ1n) is 6.98. The topological polar surface area (TPSA) is 68.2 Å². The summed E-state index contributed by atoms with van der Waals surface area (Å²) in [6.45, 7) is 1.76. The first kappa shape index (κ1) is 14.4. The highest BCUT2D eigenvalue weighted by atomic mass is 16.5. The average molecular weight is 302 g/mol. The number of hydrogen-bond donors (Lipinski definition) is 2. The van der Waals surface area contributed by atoms with E-state index in [0.717, 1.165) is 5.57 Å². The molecule has 2 aliphatic rings. The Hall–Kier alpha value is -2.56. The zero-order chi connectivity index (χ0) is 15.9. The van der Waals surface area contributed by atoms with Gasteiger partial charge >= 0.3 is 0 Å². The number of phenols is 1. The molecule has 2 N–H and O–H groups in total. The summed E-state index contributed by atoms with van der Waals surface area (Å²) in [5, 5.41) is 20.2. The van der Waals surface area contributed by atoms with E-state index in [-0.39, 0.29) is 17.6 Å². The lowest BCUT2D eigenvalue weighted by molar-refractivity contribution is 0.204. The Balaban J connectivity index is 2.20. The predicted molar refractivity (Wildman–Crippen MR) is 82.8 cm³/mol. The van der Waals surface area contributed by atoms with Gasteiger partial charge in [-0.3, -0.25) is 0 Å². The molecule has 0 spiro atoms. The van der Waals surface area contributed by atoms with Crippen LogP contribution in [-0.2, 0) is 0 Å². The summed E-state index contributed by atoms with van der Waals surface area (Å²) in [7, 11) is 3.05. The Labute approximate surface area is 128 Å². The Morgan fingerprint density at radius 1 is 1.09 bits per heavy atom. The number of rotatable bonds is 2. The van der Waals surface area contributed by atoms with Gasteiger partial charge in [0.25, 0.3) is 0 Å². The SMILES string of the molecule is COc1c(C)c(O)c2c(c1OC)OC1CC(O)=CC=C1C=C2. The Morgan fingerprint density at radius 2 is 1.82 bits per heavy atom. The van der Waals surface area contributed by atoms with Crippen LogP contribution in [0.3, 0.4) is 0 Å². The molecule has 0 bridgehead atoms. The minimum absolute atomic E-state index is 0.0975. The van der Waals surface area contributed by atoms with Gasteiger partial charge < -0.3 is 24.4 Å². The van der Waals surface area contributed by atoms with Crippen molar-refractivity contribution in [3.05, 3.63) is 40.7 Å². The first-order chi connectivity index (χ1) is 10.6. The van der Waals surface area contributed by atoms with Crippen LogP contribution in [0.15, 0.2) is 29.6 Å². The van der Waals surface area contributed by atoms with E-state index in [1.54, 1.807) is 25.2 Å². The maximum atomic E-state index is 10.4. The molecule has 22 heavy (non-hydrogen) atoms. The van der Waals surface area contributed by atoms with Crippen molar-refractivity contribution in [2.75, 3.05) is 14.2 Å². The third-order valence-corrected chi connectivity index (χ3v) is 3.95. The molecule has 0 amide bonds. The fourth-order valence-electron chi connectivity index (χ4n) is 2.79. The number of hydrogen-bond acceptors (Lipinski definition) is 5. The van der Waals surface area contributed by atoms with E-state index >= 15 is 0 Å². The van der Waals surface area contributed by atoms with Crippen LogP contribution in [0.5, 0.6) is 23.0 Å². The number of fused-ring (bicyclic) bond motifs is 2. The molecule has 1 unspecified atom stereocenters. The van der Waals surface area contributed by atoms with Crippen LogP contribution in [-0.4, -0.2) is 30.5 Å². The molecule has 5 nitrogen and oxygen atoms in total. The van der Waals surface area contributed by atoms with Gasteiger partial charge in [0, 0.05) is 12.0 Å². The van der Waals surface area contributed by atoms with Crippen molar-refractivity contribution in [2.24, 2.45) is 0 Å². The van der Waals surface area contributed by atoms with Gasteiger partial charge in [-0.25, -0.2) is 0 Å². The number of phenolic OH excluding ortho intramolecular Hbond substituents is 1. The lowest BCUT2D eigenvalue weighted by Gasteiger charge is -2.24. The monoisotopic (exact) mass is 302 g/mol. The summed E-state index contributed by atoms with van der Waals surface area (Å²) in [5.74, 6) is 1.65. The predicted octanol–water partition coefficient (Wildman–Crippen LogP) is 3.26. The third kappa shape index (κ3) is 2.09. The fraction of sp³-hybridized carbons (Fsp3) is 0.294. The van der Waals surface area contributed by atoms with E-state index < -0.39 is 0 Å². The molecule has 3 rings (SSSR count). The van der Waals surface area contributed by atoms with Crippen molar-refractivity contribution >= 4 is 6.08 Å². The van der Waals surface area contributed by atoms with Crippen LogP contribution in [0.4, 0.5) is 0 Å². The van der Waals surface area contributed by atoms with E-state index in [0.29, 0.717) is 34.8 Å². The lowest BCUT2D eigenvalue weighted by Crippen LogP contribution is -2.21. The van der Waals surface area contributed by atoms with Gasteiger partial charge in [0.1, 0.15) is 11.9 Å². The molecule has 116 valence electrons. The highest BCUT2D eigenvalue weighted by Crippen LogP contribution is 2.50. The molecule has 0 aromatic heterocycles. The minimum Gasteiger partial charge on any atom is -0.512 e. The van der Waals surface area contributed by atoms with E-state index in [2.05, 4.69) is 0 Å². The van der Waals surface area contributed by atoms with Gasteiger partial charge in [-0.15, -0.1) is 0 Å². The number of aliphatic hydroxyl groups is 1. The van der Waals surface area contributed by atoms with Gasteiger partial charge in [0.05, 0.1) is 25.5 Å². The molecule has 1 aromatic carbocycles. The number of methoxy groups -OCH3 is 2. The molecule has 0 radical (unpaired) electrons. The second-order valence-corrected chi connectivity index (χ2v) is 5.25. The van der Waals surface area contributed by atoms with Crippen LogP contribution < -0.4 is 14.2 Å². The minimum atomic E-state index is -0.330. The van der Waals surface area contributed by atoms with E-state index in [1.807, 2.05) is 6.08 Å².